The van der Waals surface area contributed by atoms with Crippen LogP contribution in [0.4, 0.5) is 22.0 Å². The molecule has 1 amide bonds. The molecule has 0 bridgehead atoms. The van der Waals surface area contributed by atoms with Gasteiger partial charge in [0, 0.05) is 43.2 Å². The van der Waals surface area contributed by atoms with Crippen LogP contribution in [0.5, 0.6) is 0 Å². The first-order valence-electron chi connectivity index (χ1n) is 7.99. The van der Waals surface area contributed by atoms with Gasteiger partial charge in [-0.05, 0) is 18.9 Å². The second-order valence-corrected chi connectivity index (χ2v) is 7.02. The lowest BCUT2D eigenvalue weighted by atomic mass is 10.0. The number of pyridine rings is 1. The first-order chi connectivity index (χ1) is 12.5. The molecule has 3 rings (SSSR count). The number of rotatable bonds is 5. The van der Waals surface area contributed by atoms with E-state index in [2.05, 4.69) is 10.3 Å². The zero-order valence-corrected chi connectivity index (χ0v) is 14.8. The summed E-state index contributed by atoms with van der Waals surface area (Å²) >= 11 is 5.98. The number of aryl methyl sites for hydroxylation is 1. The molecule has 1 aliphatic rings. The van der Waals surface area contributed by atoms with Crippen molar-refractivity contribution in [3.05, 3.63) is 52.1 Å². The summed E-state index contributed by atoms with van der Waals surface area (Å²) in [6.07, 6.45) is -3.05. The molecular weight excluding hydrogens is 393 g/mol. The van der Waals surface area contributed by atoms with Gasteiger partial charge in [-0.25, -0.2) is 8.78 Å². The molecule has 2 heterocycles. The van der Waals surface area contributed by atoms with Crippen molar-refractivity contribution in [3.63, 3.8) is 0 Å². The van der Waals surface area contributed by atoms with E-state index in [1.807, 2.05) is 0 Å². The van der Waals surface area contributed by atoms with Crippen molar-refractivity contribution in [2.75, 3.05) is 6.54 Å². The van der Waals surface area contributed by atoms with E-state index in [4.69, 9.17) is 11.6 Å². The van der Waals surface area contributed by atoms with Gasteiger partial charge in [0.1, 0.15) is 0 Å². The molecule has 1 aliphatic carbocycles. The Bertz CT molecular complexity index is 874. The van der Waals surface area contributed by atoms with E-state index >= 15 is 0 Å². The summed E-state index contributed by atoms with van der Waals surface area (Å²) in [6, 6.07) is 0.803. The lowest BCUT2D eigenvalue weighted by molar-refractivity contribution is -0.137. The number of nitrogens with one attached hydrogen (secondary N) is 1. The Morgan fingerprint density at radius 1 is 1.37 bits per heavy atom. The molecule has 2 aromatic heterocycles. The van der Waals surface area contributed by atoms with Crippen molar-refractivity contribution >= 4 is 17.5 Å². The molecule has 0 unspecified atom stereocenters. The number of nitrogens with zero attached hydrogens (tertiary/aromatic N) is 2. The Labute approximate surface area is 156 Å². The van der Waals surface area contributed by atoms with Gasteiger partial charge in [0.05, 0.1) is 21.8 Å². The SMILES string of the molecule is Cn1cc(C(=O)NCC2(c3ncc(C(F)(F)F)cc3Cl)CC2)c(C(F)F)c1. The van der Waals surface area contributed by atoms with Crippen LogP contribution in [0.2, 0.25) is 5.02 Å². The van der Waals surface area contributed by atoms with Crippen LogP contribution in [0.3, 0.4) is 0 Å². The molecule has 0 saturated heterocycles. The number of aromatic nitrogens is 2. The van der Waals surface area contributed by atoms with E-state index in [0.717, 1.165) is 6.07 Å². The van der Waals surface area contributed by atoms with Crippen LogP contribution in [0.15, 0.2) is 24.7 Å². The Kier molecular flexibility index (Phi) is 4.92. The lowest BCUT2D eigenvalue weighted by Gasteiger charge is -2.18. The number of hydrogen-bond donors (Lipinski definition) is 1. The number of amides is 1. The summed E-state index contributed by atoms with van der Waals surface area (Å²) in [6.45, 7) is 0.0431. The fourth-order valence-electron chi connectivity index (χ4n) is 2.94. The molecule has 0 spiro atoms. The van der Waals surface area contributed by atoms with Crippen LogP contribution in [-0.4, -0.2) is 22.0 Å². The Hall–Kier alpha value is -2.16. The van der Waals surface area contributed by atoms with Crippen LogP contribution in [0.25, 0.3) is 0 Å². The van der Waals surface area contributed by atoms with Crippen molar-refractivity contribution in [1.82, 2.24) is 14.9 Å². The van der Waals surface area contributed by atoms with Crippen molar-refractivity contribution in [2.24, 2.45) is 7.05 Å². The Morgan fingerprint density at radius 3 is 2.56 bits per heavy atom. The highest BCUT2D eigenvalue weighted by molar-refractivity contribution is 6.31. The highest BCUT2D eigenvalue weighted by atomic mass is 35.5. The molecule has 2 aromatic rings. The first kappa shape index (κ1) is 19.6. The van der Waals surface area contributed by atoms with E-state index in [1.165, 1.54) is 24.0 Å². The number of halogens is 6. The molecular formula is C17H15ClF5N3O. The van der Waals surface area contributed by atoms with E-state index in [0.29, 0.717) is 19.0 Å². The molecule has 0 aromatic carbocycles. The number of alkyl halides is 5. The van der Waals surface area contributed by atoms with Crippen molar-refractivity contribution < 1.29 is 26.7 Å². The van der Waals surface area contributed by atoms with Crippen molar-refractivity contribution in [1.29, 1.82) is 0 Å². The van der Waals surface area contributed by atoms with Crippen LogP contribution in [0, 0.1) is 0 Å². The fraction of sp³-hybridized carbons (Fsp3) is 0.412. The number of hydrogen-bond acceptors (Lipinski definition) is 2. The summed E-state index contributed by atoms with van der Waals surface area (Å²) in [7, 11) is 1.52. The highest BCUT2D eigenvalue weighted by Gasteiger charge is 2.48. The minimum absolute atomic E-state index is 0.0431. The minimum Gasteiger partial charge on any atom is -0.356 e. The summed E-state index contributed by atoms with van der Waals surface area (Å²) in [5, 5.41) is 2.44. The second-order valence-electron chi connectivity index (χ2n) is 6.61. The Balaban J connectivity index is 1.76. The number of carbonyl (C=O) groups excluding carboxylic acids is 1. The third-order valence-corrected chi connectivity index (χ3v) is 4.87. The third kappa shape index (κ3) is 3.92. The first-order valence-corrected chi connectivity index (χ1v) is 8.37. The Morgan fingerprint density at radius 2 is 2.04 bits per heavy atom. The zero-order valence-electron chi connectivity index (χ0n) is 14.1. The van der Waals surface area contributed by atoms with Gasteiger partial charge in [-0.1, -0.05) is 11.6 Å². The molecule has 1 saturated carbocycles. The van der Waals surface area contributed by atoms with E-state index < -0.39 is 29.5 Å². The molecule has 1 N–H and O–H groups in total. The van der Waals surface area contributed by atoms with Crippen LogP contribution < -0.4 is 5.32 Å². The zero-order chi connectivity index (χ0) is 20.0. The van der Waals surface area contributed by atoms with Gasteiger partial charge in [-0.3, -0.25) is 9.78 Å². The molecule has 0 atom stereocenters. The summed E-state index contributed by atoms with van der Waals surface area (Å²) < 4.78 is 65.6. The maximum Gasteiger partial charge on any atom is 0.417 e. The molecule has 1 fully saturated rings. The normalized spacial score (nSPS) is 15.9. The highest BCUT2D eigenvalue weighted by Crippen LogP contribution is 2.49. The molecule has 10 heteroatoms. The monoisotopic (exact) mass is 407 g/mol. The average Bonchev–Trinajstić information content (AvgIpc) is 3.25. The quantitative estimate of drug-likeness (QED) is 0.742. The standard InChI is InChI=1S/C17H15ClF5N3O/c1-26-6-10(14(19)20)11(7-26)15(27)25-8-16(2-3-16)13-12(18)4-9(5-24-13)17(21,22)23/h4-7,14H,2-3,8H2,1H3,(H,25,27). The van der Waals surface area contributed by atoms with E-state index in [-0.39, 0.29) is 28.4 Å². The van der Waals surface area contributed by atoms with Gasteiger partial charge in [-0.15, -0.1) is 0 Å². The summed E-state index contributed by atoms with van der Waals surface area (Å²) in [5.41, 5.74) is -1.90. The van der Waals surface area contributed by atoms with Crippen molar-refractivity contribution in [2.45, 2.75) is 30.9 Å². The van der Waals surface area contributed by atoms with Crippen LogP contribution in [-0.2, 0) is 18.6 Å². The predicted octanol–water partition coefficient (Wildman–Crippen LogP) is 4.49. The van der Waals surface area contributed by atoms with Gasteiger partial charge in [0.2, 0.25) is 0 Å². The summed E-state index contributed by atoms with van der Waals surface area (Å²) in [5.74, 6) is -0.680. The van der Waals surface area contributed by atoms with E-state index in [9.17, 15) is 26.7 Å². The van der Waals surface area contributed by atoms with E-state index in [1.54, 1.807) is 0 Å². The third-order valence-electron chi connectivity index (χ3n) is 4.58. The minimum atomic E-state index is -4.56. The smallest absolute Gasteiger partial charge is 0.356 e. The van der Waals surface area contributed by atoms with Crippen LogP contribution in [0.1, 0.15) is 46.4 Å². The predicted molar refractivity (Wildman–Crippen MR) is 87.9 cm³/mol. The molecule has 0 radical (unpaired) electrons. The van der Waals surface area contributed by atoms with Gasteiger partial charge < -0.3 is 9.88 Å². The fourth-order valence-corrected chi connectivity index (χ4v) is 3.31. The second kappa shape index (κ2) is 6.78. The van der Waals surface area contributed by atoms with Gasteiger partial charge in [0.15, 0.2) is 0 Å². The lowest BCUT2D eigenvalue weighted by Crippen LogP contribution is -2.33. The number of carbonyl (C=O) groups is 1. The largest absolute Gasteiger partial charge is 0.417 e. The average molecular weight is 408 g/mol. The van der Waals surface area contributed by atoms with Gasteiger partial charge in [0.25, 0.3) is 12.3 Å². The van der Waals surface area contributed by atoms with Gasteiger partial charge in [-0.2, -0.15) is 13.2 Å². The van der Waals surface area contributed by atoms with Crippen LogP contribution >= 0.6 is 11.6 Å². The molecule has 146 valence electrons. The molecule has 27 heavy (non-hydrogen) atoms. The van der Waals surface area contributed by atoms with Crippen molar-refractivity contribution in [3.8, 4) is 0 Å². The molecule has 4 nitrogen and oxygen atoms in total. The summed E-state index contributed by atoms with van der Waals surface area (Å²) in [4.78, 5) is 16.2. The topological polar surface area (TPSA) is 46.9 Å². The molecule has 0 aliphatic heterocycles. The maximum atomic E-state index is 13.0. The maximum absolute atomic E-state index is 13.0. The van der Waals surface area contributed by atoms with Gasteiger partial charge >= 0.3 is 6.18 Å².